The number of rotatable bonds is 8. The largest absolute Gasteiger partial charge is 0.496 e. The van der Waals surface area contributed by atoms with Crippen molar-refractivity contribution in [3.05, 3.63) is 52.2 Å². The monoisotopic (exact) mass is 511 g/mol. The zero-order valence-electron chi connectivity index (χ0n) is 20.1. The van der Waals surface area contributed by atoms with E-state index in [1.165, 1.54) is 12.0 Å². The molecule has 0 fully saturated rings. The first-order chi connectivity index (χ1) is 16.4. The summed E-state index contributed by atoms with van der Waals surface area (Å²) in [6, 6.07) is 5.24. The fourth-order valence-corrected chi connectivity index (χ4v) is 4.61. The number of fused-ring (bicyclic) bond motifs is 1. The molecule has 0 saturated carbocycles. The van der Waals surface area contributed by atoms with E-state index < -0.39 is 35.6 Å². The number of para-hydroxylation sites is 1. The van der Waals surface area contributed by atoms with Crippen LogP contribution in [0.3, 0.4) is 0 Å². The number of benzene rings is 1. The number of halogens is 3. The fourth-order valence-electron chi connectivity index (χ4n) is 3.69. The van der Waals surface area contributed by atoms with E-state index in [1.54, 1.807) is 43.5 Å². The van der Waals surface area contributed by atoms with Gasteiger partial charge in [0.05, 0.1) is 31.2 Å². The normalized spacial score (nSPS) is 17.9. The Morgan fingerprint density at radius 3 is 2.49 bits per heavy atom. The van der Waals surface area contributed by atoms with Gasteiger partial charge in [-0.1, -0.05) is 43.8 Å². The molecule has 1 aromatic rings. The molecule has 0 bridgehead atoms. The van der Waals surface area contributed by atoms with Crippen molar-refractivity contribution in [2.75, 3.05) is 13.7 Å². The van der Waals surface area contributed by atoms with Gasteiger partial charge in [0.25, 0.3) is 0 Å². The summed E-state index contributed by atoms with van der Waals surface area (Å²) in [5.74, 6) is -0.904. The number of ether oxygens (including phenoxy) is 2. The SMILES string of the molecule is COc1ccccc1C1C(C(=O)OC(C)C)=C(C(F)(F)F)N=C2SC=C(CC(=O)NCC(C)C)N21. The Balaban J connectivity index is 2.16. The first-order valence-corrected chi connectivity index (χ1v) is 12.0. The maximum Gasteiger partial charge on any atom is 0.434 e. The third kappa shape index (κ3) is 6.01. The predicted molar refractivity (Wildman–Crippen MR) is 127 cm³/mol. The van der Waals surface area contributed by atoms with Crippen molar-refractivity contribution in [2.24, 2.45) is 10.9 Å². The molecule has 35 heavy (non-hydrogen) atoms. The van der Waals surface area contributed by atoms with Gasteiger partial charge in [0.15, 0.2) is 10.9 Å². The molecule has 0 aliphatic carbocycles. The van der Waals surface area contributed by atoms with E-state index in [4.69, 9.17) is 9.47 Å². The van der Waals surface area contributed by atoms with E-state index in [-0.39, 0.29) is 29.2 Å². The lowest BCUT2D eigenvalue weighted by atomic mass is 9.92. The van der Waals surface area contributed by atoms with Gasteiger partial charge in [-0.3, -0.25) is 4.79 Å². The zero-order chi connectivity index (χ0) is 25.9. The number of methoxy groups -OCH3 is 1. The fraction of sp³-hybridized carbons (Fsp3) is 0.458. The summed E-state index contributed by atoms with van der Waals surface area (Å²) in [5.41, 5.74) is -1.25. The van der Waals surface area contributed by atoms with Gasteiger partial charge in [-0.15, -0.1) is 0 Å². The van der Waals surface area contributed by atoms with Crippen LogP contribution in [0.2, 0.25) is 0 Å². The number of hydrogen-bond acceptors (Lipinski definition) is 7. The molecule has 1 aromatic carbocycles. The maximum atomic E-state index is 14.2. The average molecular weight is 512 g/mol. The number of nitrogens with one attached hydrogen (secondary N) is 1. The van der Waals surface area contributed by atoms with Gasteiger partial charge >= 0.3 is 12.1 Å². The van der Waals surface area contributed by atoms with Crippen molar-refractivity contribution in [1.82, 2.24) is 10.2 Å². The van der Waals surface area contributed by atoms with Crippen LogP contribution in [0, 0.1) is 5.92 Å². The number of amidine groups is 1. The highest BCUT2D eigenvalue weighted by atomic mass is 32.2. The molecule has 0 radical (unpaired) electrons. The Labute approximate surface area is 206 Å². The summed E-state index contributed by atoms with van der Waals surface area (Å²) in [6.45, 7) is 7.47. The van der Waals surface area contributed by atoms with Crippen molar-refractivity contribution in [3.63, 3.8) is 0 Å². The minimum Gasteiger partial charge on any atom is -0.496 e. The van der Waals surface area contributed by atoms with Gasteiger partial charge < -0.3 is 19.7 Å². The van der Waals surface area contributed by atoms with Crippen LogP contribution in [-0.4, -0.2) is 47.9 Å². The number of esters is 1. The van der Waals surface area contributed by atoms with E-state index in [9.17, 15) is 22.8 Å². The summed E-state index contributed by atoms with van der Waals surface area (Å²) in [7, 11) is 1.39. The number of aliphatic imine (C=N–C) groups is 1. The molecular weight excluding hydrogens is 483 g/mol. The highest BCUT2D eigenvalue weighted by molar-refractivity contribution is 8.16. The van der Waals surface area contributed by atoms with Gasteiger partial charge in [-0.25, -0.2) is 9.79 Å². The van der Waals surface area contributed by atoms with Crippen molar-refractivity contribution in [3.8, 4) is 5.75 Å². The number of allylic oxidation sites excluding steroid dienone is 1. The van der Waals surface area contributed by atoms with Gasteiger partial charge in [0.2, 0.25) is 5.91 Å². The summed E-state index contributed by atoms with van der Waals surface area (Å²) in [6.07, 6.45) is -5.67. The van der Waals surface area contributed by atoms with Crippen LogP contribution in [0.4, 0.5) is 13.2 Å². The van der Waals surface area contributed by atoms with E-state index in [2.05, 4.69) is 10.3 Å². The highest BCUT2D eigenvalue weighted by Gasteiger charge is 2.50. The molecule has 1 amide bonds. The molecule has 2 heterocycles. The second kappa shape index (κ2) is 10.8. The smallest absolute Gasteiger partial charge is 0.434 e. The molecule has 0 aromatic heterocycles. The second-order valence-electron chi connectivity index (χ2n) is 8.72. The zero-order valence-corrected chi connectivity index (χ0v) is 20.9. The molecule has 0 spiro atoms. The van der Waals surface area contributed by atoms with Crippen molar-refractivity contribution in [1.29, 1.82) is 0 Å². The third-order valence-corrected chi connectivity index (χ3v) is 6.01. The standard InChI is InChI=1S/C24H28F3N3O4S/c1-13(2)11-28-18(31)10-15-12-35-23-29-21(24(25,26)27)19(22(32)34-14(3)4)20(30(15)23)16-8-6-7-9-17(16)33-5/h6-9,12-14,20H,10-11H2,1-5H3,(H,28,31). The van der Waals surface area contributed by atoms with Crippen LogP contribution >= 0.6 is 11.8 Å². The first-order valence-electron chi connectivity index (χ1n) is 11.1. The van der Waals surface area contributed by atoms with Gasteiger partial charge in [0, 0.05) is 17.8 Å². The number of carbonyl (C=O) groups excluding carboxylic acids is 2. The van der Waals surface area contributed by atoms with Crippen molar-refractivity contribution in [2.45, 2.75) is 52.4 Å². The van der Waals surface area contributed by atoms with Crippen molar-refractivity contribution < 1.29 is 32.2 Å². The Morgan fingerprint density at radius 1 is 1.20 bits per heavy atom. The van der Waals surface area contributed by atoms with Gasteiger partial charge in [0.1, 0.15) is 5.75 Å². The molecule has 1 N–H and O–H groups in total. The maximum absolute atomic E-state index is 14.2. The summed E-state index contributed by atoms with van der Waals surface area (Å²) < 4.78 is 53.2. The van der Waals surface area contributed by atoms with Crippen LogP contribution in [0.15, 0.2) is 51.6 Å². The number of amides is 1. The van der Waals surface area contributed by atoms with E-state index in [0.717, 1.165) is 11.8 Å². The molecule has 3 rings (SSSR count). The third-order valence-electron chi connectivity index (χ3n) is 5.12. The molecule has 0 saturated heterocycles. The summed E-state index contributed by atoms with van der Waals surface area (Å²) in [5, 5.41) is 4.41. The van der Waals surface area contributed by atoms with Crippen LogP contribution in [0.5, 0.6) is 5.75 Å². The second-order valence-corrected chi connectivity index (χ2v) is 9.56. The quantitative estimate of drug-likeness (QED) is 0.499. The minimum atomic E-state index is -4.91. The predicted octanol–water partition coefficient (Wildman–Crippen LogP) is 4.93. The first kappa shape index (κ1) is 26.7. The topological polar surface area (TPSA) is 80.2 Å². The van der Waals surface area contributed by atoms with Crippen LogP contribution in [0.1, 0.15) is 45.7 Å². The Bertz CT molecular complexity index is 1080. The number of nitrogens with zero attached hydrogens (tertiary/aromatic N) is 2. The lowest BCUT2D eigenvalue weighted by molar-refractivity contribution is -0.145. The van der Waals surface area contributed by atoms with E-state index in [0.29, 0.717) is 17.8 Å². The number of thioether (sulfide) groups is 1. The van der Waals surface area contributed by atoms with E-state index in [1.807, 2.05) is 13.8 Å². The van der Waals surface area contributed by atoms with Crippen LogP contribution < -0.4 is 10.1 Å². The molecule has 190 valence electrons. The summed E-state index contributed by atoms with van der Waals surface area (Å²) >= 11 is 0.967. The lowest BCUT2D eigenvalue weighted by Crippen LogP contribution is -2.40. The number of hydrogen-bond donors (Lipinski definition) is 1. The Morgan fingerprint density at radius 2 is 1.89 bits per heavy atom. The molecular formula is C24H28F3N3O4S. The molecule has 7 nitrogen and oxygen atoms in total. The molecule has 2 aliphatic heterocycles. The highest BCUT2D eigenvalue weighted by Crippen LogP contribution is 2.49. The minimum absolute atomic E-state index is 0.0148. The van der Waals surface area contributed by atoms with Crippen LogP contribution in [-0.2, 0) is 14.3 Å². The molecule has 1 unspecified atom stereocenters. The van der Waals surface area contributed by atoms with Crippen molar-refractivity contribution >= 4 is 28.8 Å². The van der Waals surface area contributed by atoms with Gasteiger partial charge in [-0.2, -0.15) is 13.2 Å². The number of carbonyl (C=O) groups is 2. The Kier molecular flexibility index (Phi) is 8.19. The summed E-state index contributed by atoms with van der Waals surface area (Å²) in [4.78, 5) is 31.0. The molecule has 1 atom stereocenters. The molecule has 2 aliphatic rings. The van der Waals surface area contributed by atoms with Crippen LogP contribution in [0.25, 0.3) is 0 Å². The molecule has 11 heteroatoms. The average Bonchev–Trinajstić information content (AvgIpc) is 3.17. The number of alkyl halides is 3. The Hall–Kier alpha value is -2.95. The van der Waals surface area contributed by atoms with Gasteiger partial charge in [-0.05, 0) is 31.2 Å². The van der Waals surface area contributed by atoms with E-state index >= 15 is 0 Å². The lowest BCUT2D eigenvalue weighted by Gasteiger charge is -2.37.